The molecule has 0 amide bonds. The molecule has 0 bridgehead atoms. The highest BCUT2D eigenvalue weighted by molar-refractivity contribution is 5.18. The van der Waals surface area contributed by atoms with Gasteiger partial charge in [-0.2, -0.15) is 0 Å². The average molecular weight is 280 g/mol. The molecule has 0 unspecified atom stereocenters. The van der Waals surface area contributed by atoms with Crippen LogP contribution in [0.15, 0.2) is 79.4 Å². The fourth-order valence-corrected chi connectivity index (χ4v) is 1.53. The van der Waals surface area contributed by atoms with Crippen molar-refractivity contribution in [2.24, 2.45) is 0 Å². The fourth-order valence-electron chi connectivity index (χ4n) is 1.53. The molecule has 21 heavy (non-hydrogen) atoms. The van der Waals surface area contributed by atoms with Gasteiger partial charge in [0.25, 0.3) is 0 Å². The highest BCUT2D eigenvalue weighted by atomic mass is 16.5. The zero-order valence-corrected chi connectivity index (χ0v) is 11.5. The van der Waals surface area contributed by atoms with E-state index in [-0.39, 0.29) is 5.75 Å². The molecule has 0 saturated heterocycles. The summed E-state index contributed by atoms with van der Waals surface area (Å²) in [6.45, 7) is 0.590. The molecule has 0 atom stereocenters. The maximum Gasteiger partial charge on any atom is 0.138 e. The number of hydrogen-bond donors (Lipinski definition) is 1. The number of ether oxygens (including phenoxy) is 1. The zero-order chi connectivity index (χ0) is 14.8. The second-order valence-corrected chi connectivity index (χ2v) is 4.17. The van der Waals surface area contributed by atoms with E-state index in [9.17, 15) is 0 Å². The molecule has 4 nitrogen and oxygen atoms in total. The highest BCUT2D eigenvalue weighted by Gasteiger charge is 1.93. The number of nitrogens with zero attached hydrogens (tertiary/aromatic N) is 2. The molecule has 0 spiro atoms. The lowest BCUT2D eigenvalue weighted by Crippen LogP contribution is -1.94. The molecule has 1 aromatic carbocycles. The summed E-state index contributed by atoms with van der Waals surface area (Å²) in [5, 5.41) is 8.57. The molecule has 3 aromatic rings. The third-order valence-electron chi connectivity index (χ3n) is 2.53. The summed E-state index contributed by atoms with van der Waals surface area (Å²) >= 11 is 0. The summed E-state index contributed by atoms with van der Waals surface area (Å²) in [6.07, 6.45) is 6.44. The molecule has 2 aromatic heterocycles. The normalized spacial score (nSPS) is 9.33. The Bertz CT molecular complexity index is 577. The largest absolute Gasteiger partial charge is 0.506 e. The first-order chi connectivity index (χ1) is 10.3. The van der Waals surface area contributed by atoms with Crippen LogP contribution in [0, 0.1) is 0 Å². The molecule has 0 radical (unpaired) electrons. The summed E-state index contributed by atoms with van der Waals surface area (Å²) < 4.78 is 5.53. The van der Waals surface area contributed by atoms with Gasteiger partial charge in [0.15, 0.2) is 0 Å². The van der Waals surface area contributed by atoms with Crippen LogP contribution >= 0.6 is 0 Å². The molecular formula is C17H16N2O2. The monoisotopic (exact) mass is 280 g/mol. The van der Waals surface area contributed by atoms with Crippen molar-refractivity contribution in [2.75, 3.05) is 0 Å². The van der Waals surface area contributed by atoms with Crippen LogP contribution < -0.4 is 4.74 Å². The Morgan fingerprint density at radius 2 is 1.52 bits per heavy atom. The minimum atomic E-state index is 0.211. The number of rotatable bonds is 3. The topological polar surface area (TPSA) is 55.2 Å². The van der Waals surface area contributed by atoms with E-state index in [4.69, 9.17) is 9.84 Å². The predicted octanol–water partition coefficient (Wildman–Crippen LogP) is 3.45. The molecule has 0 aliphatic rings. The van der Waals surface area contributed by atoms with Gasteiger partial charge in [0.05, 0.1) is 12.4 Å². The molecule has 1 N–H and O–H groups in total. The molecule has 2 heterocycles. The van der Waals surface area contributed by atoms with Crippen LogP contribution in [-0.4, -0.2) is 15.1 Å². The van der Waals surface area contributed by atoms with Crippen LogP contribution in [0.2, 0.25) is 0 Å². The Morgan fingerprint density at radius 1 is 0.810 bits per heavy atom. The van der Waals surface area contributed by atoms with Crippen molar-refractivity contribution in [1.82, 2.24) is 9.97 Å². The van der Waals surface area contributed by atoms with Gasteiger partial charge in [-0.05, 0) is 29.8 Å². The smallest absolute Gasteiger partial charge is 0.138 e. The summed E-state index contributed by atoms with van der Waals surface area (Å²) in [7, 11) is 0. The van der Waals surface area contributed by atoms with E-state index < -0.39 is 0 Å². The molecule has 0 fully saturated rings. The number of aromatic nitrogens is 2. The highest BCUT2D eigenvalue weighted by Crippen LogP contribution is 2.09. The van der Waals surface area contributed by atoms with Gasteiger partial charge >= 0.3 is 0 Å². The van der Waals surface area contributed by atoms with Gasteiger partial charge in [-0.15, -0.1) is 0 Å². The van der Waals surface area contributed by atoms with Crippen LogP contribution in [0.25, 0.3) is 0 Å². The van der Waals surface area contributed by atoms with Crippen LogP contribution in [0.4, 0.5) is 0 Å². The molecule has 0 aliphatic heterocycles. The van der Waals surface area contributed by atoms with Gasteiger partial charge in [0.2, 0.25) is 0 Å². The number of pyridine rings is 2. The summed E-state index contributed by atoms with van der Waals surface area (Å²) in [5.74, 6) is 1.01. The number of benzene rings is 1. The third-order valence-corrected chi connectivity index (χ3v) is 2.53. The predicted molar refractivity (Wildman–Crippen MR) is 80.9 cm³/mol. The first-order valence-electron chi connectivity index (χ1n) is 6.50. The summed E-state index contributed by atoms with van der Waals surface area (Å²) in [4.78, 5) is 7.61. The minimum Gasteiger partial charge on any atom is -0.506 e. The Hall–Kier alpha value is -2.88. The SMILES string of the molecule is Oc1cccnc1.c1ccc(COc2cccnc2)cc1. The van der Waals surface area contributed by atoms with E-state index in [1.54, 1.807) is 30.7 Å². The standard InChI is InChI=1S/C12H11NO.C5H5NO/c1-2-5-11(6-3-1)10-14-12-7-4-8-13-9-12;7-5-2-1-3-6-4-5/h1-9H,10H2;1-4,7H. The first kappa shape index (κ1) is 14.5. The second kappa shape index (κ2) is 8.32. The van der Waals surface area contributed by atoms with E-state index >= 15 is 0 Å². The van der Waals surface area contributed by atoms with Crippen molar-refractivity contribution >= 4 is 0 Å². The maximum atomic E-state index is 8.57. The third kappa shape index (κ3) is 5.74. The minimum absolute atomic E-state index is 0.211. The Morgan fingerprint density at radius 3 is 2.05 bits per heavy atom. The van der Waals surface area contributed by atoms with Crippen LogP contribution in [0.5, 0.6) is 11.5 Å². The lowest BCUT2D eigenvalue weighted by Gasteiger charge is -2.04. The van der Waals surface area contributed by atoms with Crippen molar-refractivity contribution < 1.29 is 9.84 Å². The Kier molecular flexibility index (Phi) is 5.76. The molecule has 0 saturated carbocycles. The van der Waals surface area contributed by atoms with Gasteiger partial charge in [0.1, 0.15) is 18.1 Å². The van der Waals surface area contributed by atoms with Gasteiger partial charge in [-0.1, -0.05) is 30.3 Å². The lowest BCUT2D eigenvalue weighted by molar-refractivity contribution is 0.305. The molecule has 106 valence electrons. The van der Waals surface area contributed by atoms with Gasteiger partial charge in [0, 0.05) is 12.4 Å². The Balaban J connectivity index is 0.000000194. The second-order valence-electron chi connectivity index (χ2n) is 4.17. The van der Waals surface area contributed by atoms with E-state index in [0.29, 0.717) is 6.61 Å². The molecule has 0 aliphatic carbocycles. The van der Waals surface area contributed by atoms with Crippen molar-refractivity contribution in [1.29, 1.82) is 0 Å². The van der Waals surface area contributed by atoms with E-state index in [1.165, 1.54) is 6.20 Å². The lowest BCUT2D eigenvalue weighted by atomic mass is 10.2. The number of hydrogen-bond acceptors (Lipinski definition) is 4. The van der Waals surface area contributed by atoms with Crippen LogP contribution in [0.1, 0.15) is 5.56 Å². The zero-order valence-electron chi connectivity index (χ0n) is 11.5. The van der Waals surface area contributed by atoms with Crippen molar-refractivity contribution in [2.45, 2.75) is 6.61 Å². The van der Waals surface area contributed by atoms with Gasteiger partial charge in [-0.25, -0.2) is 0 Å². The molecule has 3 rings (SSSR count). The summed E-state index contributed by atoms with van der Waals surface area (Å²) in [5.41, 5.74) is 1.16. The Labute approximate surface area is 123 Å². The van der Waals surface area contributed by atoms with Gasteiger partial charge in [-0.3, -0.25) is 9.97 Å². The average Bonchev–Trinajstić information content (AvgIpc) is 2.56. The van der Waals surface area contributed by atoms with Crippen molar-refractivity contribution in [3.8, 4) is 11.5 Å². The van der Waals surface area contributed by atoms with E-state index in [1.807, 2.05) is 42.5 Å². The van der Waals surface area contributed by atoms with Crippen molar-refractivity contribution in [3.63, 3.8) is 0 Å². The van der Waals surface area contributed by atoms with Crippen LogP contribution in [-0.2, 0) is 6.61 Å². The fraction of sp³-hybridized carbons (Fsp3) is 0.0588. The van der Waals surface area contributed by atoms with Gasteiger partial charge < -0.3 is 9.84 Å². The van der Waals surface area contributed by atoms with Crippen molar-refractivity contribution in [3.05, 3.63) is 84.9 Å². The maximum absolute atomic E-state index is 8.57. The molecular weight excluding hydrogens is 264 g/mol. The quantitative estimate of drug-likeness (QED) is 0.798. The van der Waals surface area contributed by atoms with E-state index in [0.717, 1.165) is 11.3 Å². The number of aromatic hydroxyl groups is 1. The molecule has 4 heteroatoms. The van der Waals surface area contributed by atoms with E-state index in [2.05, 4.69) is 9.97 Å². The van der Waals surface area contributed by atoms with Crippen LogP contribution in [0.3, 0.4) is 0 Å². The summed E-state index contributed by atoms with van der Waals surface area (Å²) in [6, 6.07) is 17.1. The first-order valence-corrected chi connectivity index (χ1v) is 6.50.